The molecule has 0 saturated carbocycles. The van der Waals surface area contributed by atoms with E-state index in [4.69, 9.17) is 4.43 Å². The van der Waals surface area contributed by atoms with E-state index in [-0.39, 0.29) is 29.5 Å². The first-order valence-corrected chi connectivity index (χ1v) is 14.8. The zero-order valence-electron chi connectivity index (χ0n) is 21.6. The minimum atomic E-state index is -2.08. The van der Waals surface area contributed by atoms with Gasteiger partial charge in [-0.05, 0) is 67.2 Å². The van der Waals surface area contributed by atoms with E-state index in [0.29, 0.717) is 12.1 Å². The average molecular weight is 488 g/mol. The number of hydrogen-bond donors (Lipinski definition) is 4. The molecular weight excluding hydrogens is 446 g/mol. The third-order valence-electron chi connectivity index (χ3n) is 6.93. The van der Waals surface area contributed by atoms with Gasteiger partial charge < -0.3 is 25.1 Å². The highest BCUT2D eigenvalue weighted by molar-refractivity contribution is 6.74. The highest BCUT2D eigenvalue weighted by Crippen LogP contribution is 2.40. The molecule has 0 aliphatic rings. The van der Waals surface area contributed by atoms with Crippen molar-refractivity contribution in [2.24, 2.45) is 0 Å². The molecule has 0 amide bonds. The lowest BCUT2D eigenvalue weighted by Gasteiger charge is -2.40. The molecule has 0 aliphatic carbocycles. The van der Waals surface area contributed by atoms with Gasteiger partial charge in [-0.3, -0.25) is 4.79 Å². The zero-order chi connectivity index (χ0) is 25.7. The molecule has 2 aromatic carbocycles. The van der Waals surface area contributed by atoms with Crippen molar-refractivity contribution in [2.45, 2.75) is 83.8 Å². The molecule has 0 fully saturated rings. The first kappa shape index (κ1) is 28.0. The van der Waals surface area contributed by atoms with Crippen LogP contribution in [0.15, 0.2) is 42.5 Å². The fourth-order valence-corrected chi connectivity index (χ4v) is 4.80. The molecule has 6 nitrogen and oxygen atoms in total. The number of carboxylic acids is 1. The summed E-state index contributed by atoms with van der Waals surface area (Å²) in [7, 11) is -2.08. The Bertz CT molecular complexity index is 952. The van der Waals surface area contributed by atoms with Gasteiger partial charge >= 0.3 is 5.97 Å². The molecule has 0 saturated heterocycles. The second kappa shape index (κ2) is 11.5. The van der Waals surface area contributed by atoms with E-state index in [2.05, 4.69) is 46.1 Å². The molecule has 3 atom stereocenters. The van der Waals surface area contributed by atoms with Crippen molar-refractivity contribution in [1.29, 1.82) is 0 Å². The molecule has 34 heavy (non-hydrogen) atoms. The van der Waals surface area contributed by atoms with Crippen LogP contribution < -0.4 is 5.32 Å². The minimum Gasteiger partial charge on any atom is -0.508 e. The van der Waals surface area contributed by atoms with Gasteiger partial charge in [0.2, 0.25) is 0 Å². The topological polar surface area (TPSA) is 99.0 Å². The first-order valence-electron chi connectivity index (χ1n) is 11.9. The fourth-order valence-electron chi connectivity index (χ4n) is 3.51. The van der Waals surface area contributed by atoms with E-state index in [1.807, 2.05) is 36.4 Å². The molecule has 0 heterocycles. The van der Waals surface area contributed by atoms with E-state index in [0.717, 1.165) is 23.1 Å². The highest BCUT2D eigenvalue weighted by Gasteiger charge is 2.39. The van der Waals surface area contributed by atoms with Gasteiger partial charge in [0.15, 0.2) is 8.32 Å². The molecule has 0 aliphatic heterocycles. The molecule has 7 heteroatoms. The number of aromatic hydroxyl groups is 1. The molecule has 0 spiro atoms. The van der Waals surface area contributed by atoms with E-state index < -0.39 is 20.2 Å². The van der Waals surface area contributed by atoms with Gasteiger partial charge in [0, 0.05) is 18.2 Å². The number of carboxylic acid groups (broad SMARTS) is 1. The number of aliphatic carboxylic acids is 1. The second-order valence-corrected chi connectivity index (χ2v) is 15.5. The van der Waals surface area contributed by atoms with Crippen molar-refractivity contribution in [3.05, 3.63) is 64.7 Å². The standard InChI is InChI=1S/C27H41NO5Si/c1-18(14-20-8-10-21(11-9-20)19(2)26(31)32)28-16-25(33-34(6,7)27(3,4)5)22-12-13-24(30)23(15-22)17-29/h8-13,15,18-19,25,28-30H,14,16-17H2,1-7H3,(H,31,32)/t18-,19?,25-/m1/s1. The molecule has 188 valence electrons. The summed E-state index contributed by atoms with van der Waals surface area (Å²) >= 11 is 0. The van der Waals surface area contributed by atoms with E-state index in [9.17, 15) is 20.1 Å². The van der Waals surface area contributed by atoms with Crippen molar-refractivity contribution in [3.63, 3.8) is 0 Å². The van der Waals surface area contributed by atoms with E-state index >= 15 is 0 Å². The van der Waals surface area contributed by atoms with Crippen molar-refractivity contribution < 1.29 is 24.5 Å². The van der Waals surface area contributed by atoms with Gasteiger partial charge in [-0.25, -0.2) is 0 Å². The number of aliphatic hydroxyl groups is 1. The zero-order valence-corrected chi connectivity index (χ0v) is 22.6. The fraction of sp³-hybridized carbons (Fsp3) is 0.519. The summed E-state index contributed by atoms with van der Waals surface area (Å²) in [5.41, 5.74) is 3.35. The number of aliphatic hydroxyl groups excluding tert-OH is 1. The van der Waals surface area contributed by atoms with Crippen molar-refractivity contribution >= 4 is 14.3 Å². The number of hydrogen-bond acceptors (Lipinski definition) is 5. The summed E-state index contributed by atoms with van der Waals surface area (Å²) < 4.78 is 6.75. The van der Waals surface area contributed by atoms with Crippen LogP contribution in [0, 0.1) is 0 Å². The number of carbonyl (C=O) groups is 1. The third kappa shape index (κ3) is 7.40. The molecule has 2 aromatic rings. The van der Waals surface area contributed by atoms with Crippen LogP contribution in [0.3, 0.4) is 0 Å². The van der Waals surface area contributed by atoms with Crippen LogP contribution in [0.5, 0.6) is 5.75 Å². The minimum absolute atomic E-state index is 0.0441. The predicted molar refractivity (Wildman–Crippen MR) is 139 cm³/mol. The maximum absolute atomic E-state index is 11.2. The summed E-state index contributed by atoms with van der Waals surface area (Å²) in [5.74, 6) is -1.26. The molecule has 1 unspecified atom stereocenters. The van der Waals surface area contributed by atoms with Crippen LogP contribution in [0.25, 0.3) is 0 Å². The Morgan fingerprint density at radius 1 is 1.06 bits per heavy atom. The monoisotopic (exact) mass is 487 g/mol. The van der Waals surface area contributed by atoms with Gasteiger partial charge in [-0.15, -0.1) is 0 Å². The van der Waals surface area contributed by atoms with Gasteiger partial charge in [-0.2, -0.15) is 0 Å². The van der Waals surface area contributed by atoms with Crippen LogP contribution in [0.4, 0.5) is 0 Å². The lowest BCUT2D eigenvalue weighted by molar-refractivity contribution is -0.138. The van der Waals surface area contributed by atoms with Crippen LogP contribution in [0.2, 0.25) is 18.1 Å². The van der Waals surface area contributed by atoms with E-state index in [1.165, 1.54) is 0 Å². The number of phenols is 1. The Hall–Kier alpha value is -2.19. The number of nitrogens with one attached hydrogen (secondary N) is 1. The smallest absolute Gasteiger partial charge is 0.310 e. The van der Waals surface area contributed by atoms with Crippen molar-refractivity contribution in [3.8, 4) is 5.75 Å². The second-order valence-electron chi connectivity index (χ2n) is 10.7. The summed E-state index contributed by atoms with van der Waals surface area (Å²) in [6, 6.07) is 13.2. The third-order valence-corrected chi connectivity index (χ3v) is 11.4. The SMILES string of the molecule is CC(C(=O)O)c1ccc(C[C@@H](C)NC[C@@H](O[Si](C)(C)C(C)(C)C)c2ccc(O)c(CO)c2)cc1. The van der Waals surface area contributed by atoms with Gasteiger partial charge in [0.25, 0.3) is 0 Å². The molecule has 2 rings (SSSR count). The predicted octanol–water partition coefficient (Wildman–Crippen LogP) is 5.36. The molecule has 0 bridgehead atoms. The first-order chi connectivity index (χ1) is 15.7. The summed E-state index contributed by atoms with van der Waals surface area (Å²) in [6.07, 6.45) is 0.583. The van der Waals surface area contributed by atoms with E-state index in [1.54, 1.807) is 13.0 Å². The Balaban J connectivity index is 2.14. The number of rotatable bonds is 11. The van der Waals surface area contributed by atoms with Crippen molar-refractivity contribution in [2.75, 3.05) is 6.54 Å². The van der Waals surface area contributed by atoms with Crippen molar-refractivity contribution in [1.82, 2.24) is 5.32 Å². The lowest BCUT2D eigenvalue weighted by atomic mass is 9.98. The maximum atomic E-state index is 11.2. The lowest BCUT2D eigenvalue weighted by Crippen LogP contribution is -2.44. The average Bonchev–Trinajstić information content (AvgIpc) is 2.76. The molecule has 0 aromatic heterocycles. The summed E-state index contributed by atoms with van der Waals surface area (Å²) in [5, 5.41) is 32.4. The van der Waals surface area contributed by atoms with Gasteiger partial charge in [-0.1, -0.05) is 51.1 Å². The normalized spacial score (nSPS) is 15.1. The Labute approximate surface area is 205 Å². The van der Waals surface area contributed by atoms with Gasteiger partial charge in [0.05, 0.1) is 18.6 Å². The highest BCUT2D eigenvalue weighted by atomic mass is 28.4. The Morgan fingerprint density at radius 2 is 1.65 bits per heavy atom. The van der Waals surface area contributed by atoms with Crippen LogP contribution in [0.1, 0.15) is 68.9 Å². The largest absolute Gasteiger partial charge is 0.508 e. The quantitative estimate of drug-likeness (QED) is 0.319. The molecule has 4 N–H and O–H groups in total. The van der Waals surface area contributed by atoms with Gasteiger partial charge in [0.1, 0.15) is 5.75 Å². The molecule has 0 radical (unpaired) electrons. The Morgan fingerprint density at radius 3 is 2.18 bits per heavy atom. The maximum Gasteiger partial charge on any atom is 0.310 e. The van der Waals surface area contributed by atoms with Crippen LogP contribution in [-0.2, 0) is 22.2 Å². The summed E-state index contributed by atoms with van der Waals surface area (Å²) in [4.78, 5) is 11.2. The van der Waals surface area contributed by atoms with Crippen LogP contribution in [-0.4, -0.2) is 42.2 Å². The Kier molecular flexibility index (Phi) is 9.48. The molecular formula is C27H41NO5Si. The summed E-state index contributed by atoms with van der Waals surface area (Å²) in [6.45, 7) is 15.2. The van der Waals surface area contributed by atoms with Crippen LogP contribution >= 0.6 is 0 Å². The number of benzene rings is 2.